The zero-order valence-electron chi connectivity index (χ0n) is 14.2. The van der Waals surface area contributed by atoms with E-state index in [-0.39, 0.29) is 17.9 Å². The molecule has 2 aliphatic heterocycles. The van der Waals surface area contributed by atoms with Gasteiger partial charge in [-0.15, -0.1) is 0 Å². The van der Waals surface area contributed by atoms with Crippen molar-refractivity contribution >= 4 is 17.5 Å². The van der Waals surface area contributed by atoms with Gasteiger partial charge in [0.15, 0.2) is 0 Å². The molecule has 7 nitrogen and oxygen atoms in total. The third-order valence-corrected chi connectivity index (χ3v) is 4.87. The number of hydrogen-bond acceptors (Lipinski definition) is 4. The maximum atomic E-state index is 12.9. The highest BCUT2D eigenvalue weighted by atomic mass is 16.2. The summed E-state index contributed by atoms with van der Waals surface area (Å²) in [4.78, 5) is 26.3. The molecule has 0 bridgehead atoms. The maximum absolute atomic E-state index is 12.9. The number of amides is 2. The van der Waals surface area contributed by atoms with Crippen LogP contribution in [0.2, 0.25) is 0 Å². The fourth-order valence-corrected chi connectivity index (χ4v) is 3.57. The lowest BCUT2D eigenvalue weighted by Gasteiger charge is -2.28. The first-order valence-corrected chi connectivity index (χ1v) is 8.05. The van der Waals surface area contributed by atoms with Gasteiger partial charge in [0.1, 0.15) is 5.71 Å². The highest BCUT2D eigenvalue weighted by molar-refractivity contribution is 6.39. The highest BCUT2D eigenvalue weighted by Gasteiger charge is 2.36. The molecule has 0 aromatic carbocycles. The van der Waals surface area contributed by atoms with Crippen LogP contribution in [0.3, 0.4) is 0 Å². The fraction of sp³-hybridized carbons (Fsp3) is 0.625. The van der Waals surface area contributed by atoms with Crippen LogP contribution in [0.25, 0.3) is 0 Å². The molecule has 124 valence electrons. The minimum Gasteiger partial charge on any atom is -0.330 e. The first-order chi connectivity index (χ1) is 10.9. The van der Waals surface area contributed by atoms with Crippen LogP contribution in [0.4, 0.5) is 0 Å². The molecule has 0 spiro atoms. The molecule has 1 saturated heterocycles. The number of nitrogens with zero attached hydrogens (tertiary/aromatic N) is 5. The minimum absolute atomic E-state index is 0.0431. The molecular weight excluding hydrogens is 294 g/mol. The number of hydrazone groups is 1. The van der Waals surface area contributed by atoms with Crippen LogP contribution in [-0.2, 0) is 16.6 Å². The van der Waals surface area contributed by atoms with Gasteiger partial charge in [-0.1, -0.05) is 0 Å². The monoisotopic (exact) mass is 317 g/mol. The number of likely N-dealkylation sites (tertiary alicyclic amines) is 1. The van der Waals surface area contributed by atoms with Crippen LogP contribution < -0.4 is 0 Å². The first-order valence-electron chi connectivity index (χ1n) is 8.05. The van der Waals surface area contributed by atoms with Crippen LogP contribution in [0.15, 0.2) is 5.10 Å². The third-order valence-electron chi connectivity index (χ3n) is 4.87. The largest absolute Gasteiger partial charge is 0.330 e. The van der Waals surface area contributed by atoms with Gasteiger partial charge in [-0.2, -0.15) is 10.2 Å². The molecule has 1 aromatic rings. The lowest BCUT2D eigenvalue weighted by molar-refractivity contribution is -0.130. The Balaban J connectivity index is 1.89. The normalized spacial score (nSPS) is 21.8. The minimum atomic E-state index is -0.0468. The quantitative estimate of drug-likeness (QED) is 0.825. The van der Waals surface area contributed by atoms with Gasteiger partial charge in [0.05, 0.1) is 11.7 Å². The van der Waals surface area contributed by atoms with E-state index in [2.05, 4.69) is 10.2 Å². The summed E-state index contributed by atoms with van der Waals surface area (Å²) in [6.45, 7) is 4.77. The Kier molecular flexibility index (Phi) is 3.95. The molecule has 1 aromatic heterocycles. The van der Waals surface area contributed by atoms with Crippen LogP contribution in [0, 0.1) is 13.8 Å². The molecular formula is C16H23N5O2. The van der Waals surface area contributed by atoms with Gasteiger partial charge in [0, 0.05) is 44.7 Å². The Hall–Kier alpha value is -2.18. The summed E-state index contributed by atoms with van der Waals surface area (Å²) in [5.74, 6) is -0.0898. The molecule has 0 radical (unpaired) electrons. The smallest absolute Gasteiger partial charge is 0.270 e. The van der Waals surface area contributed by atoms with E-state index < -0.39 is 0 Å². The third kappa shape index (κ3) is 2.64. The molecule has 0 aliphatic carbocycles. The van der Waals surface area contributed by atoms with Crippen LogP contribution >= 0.6 is 0 Å². The molecule has 3 heterocycles. The van der Waals surface area contributed by atoms with Gasteiger partial charge in [-0.25, -0.2) is 5.01 Å². The van der Waals surface area contributed by atoms with Gasteiger partial charge < -0.3 is 4.90 Å². The number of aryl methyl sites for hydroxylation is 2. The summed E-state index contributed by atoms with van der Waals surface area (Å²) < 4.78 is 1.87. The average Bonchev–Trinajstić information content (AvgIpc) is 3.06. The SMILES string of the molecule is Cc1nn(C)c(C)c1[C@H]1CCCN1C(=O)C1=NN(C)C(=O)CC1. The number of carbonyl (C=O) groups excluding carboxylic acids is 2. The van der Waals surface area contributed by atoms with E-state index in [4.69, 9.17) is 0 Å². The van der Waals surface area contributed by atoms with E-state index in [1.807, 2.05) is 30.5 Å². The summed E-state index contributed by atoms with van der Waals surface area (Å²) in [5, 5.41) is 9.93. The molecule has 1 fully saturated rings. The Morgan fingerprint density at radius 2 is 1.96 bits per heavy atom. The van der Waals surface area contributed by atoms with Crippen molar-refractivity contribution in [1.29, 1.82) is 0 Å². The Morgan fingerprint density at radius 1 is 1.22 bits per heavy atom. The van der Waals surface area contributed by atoms with Gasteiger partial charge in [-0.3, -0.25) is 14.3 Å². The first kappa shape index (κ1) is 15.7. The zero-order valence-corrected chi connectivity index (χ0v) is 14.2. The molecule has 0 N–H and O–H groups in total. The van der Waals surface area contributed by atoms with Crippen molar-refractivity contribution in [3.63, 3.8) is 0 Å². The standard InChI is InChI=1S/C16H23N5O2/c1-10-15(11(2)19(3)17-10)13-6-5-9-21(13)16(23)12-7-8-14(22)20(4)18-12/h13H,5-9H2,1-4H3/t13-/m1/s1. The van der Waals surface area contributed by atoms with E-state index in [0.717, 1.165) is 36.3 Å². The van der Waals surface area contributed by atoms with E-state index in [1.165, 1.54) is 5.01 Å². The van der Waals surface area contributed by atoms with E-state index in [1.54, 1.807) is 7.05 Å². The number of aromatic nitrogens is 2. The number of rotatable bonds is 2. The maximum Gasteiger partial charge on any atom is 0.270 e. The van der Waals surface area contributed by atoms with Crippen molar-refractivity contribution < 1.29 is 9.59 Å². The fourth-order valence-electron chi connectivity index (χ4n) is 3.57. The molecule has 0 saturated carbocycles. The summed E-state index contributed by atoms with van der Waals surface area (Å²) in [5.41, 5.74) is 3.72. The average molecular weight is 317 g/mol. The van der Waals surface area contributed by atoms with Gasteiger partial charge >= 0.3 is 0 Å². The van der Waals surface area contributed by atoms with Crippen molar-refractivity contribution in [2.75, 3.05) is 13.6 Å². The second kappa shape index (κ2) is 5.79. The van der Waals surface area contributed by atoms with Crippen molar-refractivity contribution in [2.45, 2.75) is 45.6 Å². The van der Waals surface area contributed by atoms with E-state index >= 15 is 0 Å². The molecule has 7 heteroatoms. The Labute approximate surface area is 135 Å². The second-order valence-corrected chi connectivity index (χ2v) is 6.33. The van der Waals surface area contributed by atoms with E-state index in [9.17, 15) is 9.59 Å². The summed E-state index contributed by atoms with van der Waals surface area (Å²) >= 11 is 0. The predicted octanol–water partition coefficient (Wildman–Crippen LogP) is 1.31. The van der Waals surface area contributed by atoms with Crippen molar-refractivity contribution in [3.05, 3.63) is 17.0 Å². The van der Waals surface area contributed by atoms with Crippen LogP contribution in [0.5, 0.6) is 0 Å². The van der Waals surface area contributed by atoms with Crippen molar-refractivity contribution in [2.24, 2.45) is 12.1 Å². The molecule has 0 unspecified atom stereocenters. The molecule has 3 rings (SSSR count). The van der Waals surface area contributed by atoms with Crippen LogP contribution in [0.1, 0.15) is 48.7 Å². The van der Waals surface area contributed by atoms with Crippen molar-refractivity contribution in [3.8, 4) is 0 Å². The summed E-state index contributed by atoms with van der Waals surface area (Å²) in [6.07, 6.45) is 2.70. The topological polar surface area (TPSA) is 70.8 Å². The summed E-state index contributed by atoms with van der Waals surface area (Å²) in [7, 11) is 3.53. The number of hydrogen-bond donors (Lipinski definition) is 0. The van der Waals surface area contributed by atoms with E-state index in [0.29, 0.717) is 18.6 Å². The van der Waals surface area contributed by atoms with Gasteiger partial charge in [0.2, 0.25) is 5.91 Å². The molecule has 2 aliphatic rings. The van der Waals surface area contributed by atoms with Crippen molar-refractivity contribution in [1.82, 2.24) is 19.7 Å². The molecule has 23 heavy (non-hydrogen) atoms. The van der Waals surface area contributed by atoms with Gasteiger partial charge in [-0.05, 0) is 26.7 Å². The zero-order chi connectivity index (χ0) is 16.7. The predicted molar refractivity (Wildman–Crippen MR) is 85.8 cm³/mol. The Morgan fingerprint density at radius 3 is 2.57 bits per heavy atom. The summed E-state index contributed by atoms with van der Waals surface area (Å²) in [6, 6.07) is 0.0573. The Bertz CT molecular complexity index is 691. The second-order valence-electron chi connectivity index (χ2n) is 6.33. The van der Waals surface area contributed by atoms with Gasteiger partial charge in [0.25, 0.3) is 5.91 Å². The molecule has 1 atom stereocenters. The van der Waals surface area contributed by atoms with Crippen LogP contribution in [-0.4, -0.2) is 50.8 Å². The lowest BCUT2D eigenvalue weighted by atomic mass is 10.0. The highest BCUT2D eigenvalue weighted by Crippen LogP contribution is 2.35. The molecule has 2 amide bonds. The lowest BCUT2D eigenvalue weighted by Crippen LogP contribution is -2.40. The number of carbonyl (C=O) groups is 2.